The van der Waals surface area contributed by atoms with Gasteiger partial charge in [-0.1, -0.05) is 19.1 Å². The number of hydrogen-bond acceptors (Lipinski definition) is 7. The van der Waals surface area contributed by atoms with E-state index in [2.05, 4.69) is 15.6 Å². The van der Waals surface area contributed by atoms with E-state index in [1.807, 2.05) is 13.8 Å². The molecule has 2 aromatic rings. The maximum Gasteiger partial charge on any atom is 0.250 e. The molecule has 0 saturated carbocycles. The van der Waals surface area contributed by atoms with Crippen molar-refractivity contribution >= 4 is 27.2 Å². The van der Waals surface area contributed by atoms with Crippen molar-refractivity contribution in [1.29, 1.82) is 0 Å². The summed E-state index contributed by atoms with van der Waals surface area (Å²) in [6.45, 7) is 4.07. The van der Waals surface area contributed by atoms with Crippen LogP contribution in [0.1, 0.15) is 59.7 Å². The highest BCUT2D eigenvalue weighted by atomic mass is 32.2. The molecule has 1 aliphatic carbocycles. The molecule has 0 unspecified atom stereocenters. The molecule has 2 heterocycles. The fraction of sp³-hybridized carbons (Fsp3) is 0.500. The number of carbonyl (C=O) groups is 2. The van der Waals surface area contributed by atoms with E-state index in [4.69, 9.17) is 5.73 Å². The minimum Gasteiger partial charge on any atom is -0.382 e. The van der Waals surface area contributed by atoms with Gasteiger partial charge in [0.25, 0.3) is 5.91 Å². The van der Waals surface area contributed by atoms with Crippen LogP contribution in [0.4, 0.5) is 5.69 Å². The number of nitrogens with two attached hydrogens (primary N) is 1. The number of primary amides is 1. The molecule has 1 fully saturated rings. The summed E-state index contributed by atoms with van der Waals surface area (Å²) in [5.41, 5.74) is 7.99. The van der Waals surface area contributed by atoms with Crippen LogP contribution in [0.2, 0.25) is 0 Å². The summed E-state index contributed by atoms with van der Waals surface area (Å²) in [6, 6.07) is 5.01. The number of fused-ring (bicyclic) bond motifs is 1. The van der Waals surface area contributed by atoms with Crippen LogP contribution in [0.15, 0.2) is 18.2 Å². The van der Waals surface area contributed by atoms with Gasteiger partial charge in [0.05, 0.1) is 28.5 Å². The molecular weight excluding hydrogens is 406 g/mol. The summed E-state index contributed by atoms with van der Waals surface area (Å²) < 4.78 is 25.0. The minimum atomic E-state index is -2.99. The summed E-state index contributed by atoms with van der Waals surface area (Å²) in [6.07, 6.45) is 2.01. The van der Waals surface area contributed by atoms with Crippen LogP contribution in [0.25, 0.3) is 5.69 Å². The number of amides is 1. The number of sulfone groups is 1. The van der Waals surface area contributed by atoms with Gasteiger partial charge >= 0.3 is 0 Å². The van der Waals surface area contributed by atoms with Gasteiger partial charge < -0.3 is 11.1 Å². The molecule has 1 aromatic carbocycles. The van der Waals surface area contributed by atoms with E-state index in [1.54, 1.807) is 22.9 Å². The average Bonchev–Trinajstić information content (AvgIpc) is 3.06. The van der Waals surface area contributed by atoms with Crippen molar-refractivity contribution in [1.82, 2.24) is 15.0 Å². The molecule has 1 aliphatic heterocycles. The lowest BCUT2D eigenvalue weighted by Crippen LogP contribution is -2.33. The number of rotatable bonds is 4. The molecule has 1 amide bonds. The second-order valence-electron chi connectivity index (χ2n) is 8.90. The summed E-state index contributed by atoms with van der Waals surface area (Å²) >= 11 is 0. The summed E-state index contributed by atoms with van der Waals surface area (Å²) in [7, 11) is -2.99. The highest BCUT2D eigenvalue weighted by Gasteiger charge is 2.35. The Morgan fingerprint density at radius 1 is 1.23 bits per heavy atom. The van der Waals surface area contributed by atoms with E-state index in [1.165, 1.54) is 0 Å². The summed E-state index contributed by atoms with van der Waals surface area (Å²) in [4.78, 5) is 24.4. The van der Waals surface area contributed by atoms with Gasteiger partial charge in [-0.05, 0) is 42.9 Å². The molecule has 30 heavy (non-hydrogen) atoms. The molecule has 0 spiro atoms. The first-order valence-corrected chi connectivity index (χ1v) is 11.8. The average molecular weight is 432 g/mol. The maximum atomic E-state index is 12.4. The Labute approximate surface area is 174 Å². The van der Waals surface area contributed by atoms with Gasteiger partial charge in [-0.2, -0.15) is 0 Å². The number of anilines is 1. The zero-order valence-corrected chi connectivity index (χ0v) is 17.8. The van der Waals surface area contributed by atoms with Crippen molar-refractivity contribution in [3.63, 3.8) is 0 Å². The van der Waals surface area contributed by atoms with Crippen molar-refractivity contribution < 1.29 is 18.0 Å². The van der Waals surface area contributed by atoms with Crippen LogP contribution >= 0.6 is 0 Å². The van der Waals surface area contributed by atoms with Crippen LogP contribution in [0.3, 0.4) is 0 Å². The Hall–Kier alpha value is -2.75. The van der Waals surface area contributed by atoms with E-state index in [0.29, 0.717) is 48.3 Å². The van der Waals surface area contributed by atoms with Gasteiger partial charge in [0.1, 0.15) is 9.84 Å². The molecule has 0 radical (unpaired) electrons. The van der Waals surface area contributed by atoms with Crippen molar-refractivity contribution in [3.8, 4) is 5.69 Å². The van der Waals surface area contributed by atoms with E-state index < -0.39 is 15.7 Å². The summed E-state index contributed by atoms with van der Waals surface area (Å²) in [5, 5.41) is 11.6. The Morgan fingerprint density at radius 2 is 1.93 bits per heavy atom. The summed E-state index contributed by atoms with van der Waals surface area (Å²) in [5.74, 6) is -0.374. The molecule has 0 atom stereocenters. The lowest BCUT2D eigenvalue weighted by Gasteiger charge is -2.28. The second-order valence-corrected chi connectivity index (χ2v) is 11.2. The fourth-order valence-corrected chi connectivity index (χ4v) is 5.66. The monoisotopic (exact) mass is 431 g/mol. The number of aromatic nitrogens is 3. The molecular formula is C20H25N5O4S. The van der Waals surface area contributed by atoms with Gasteiger partial charge in [-0.3, -0.25) is 9.59 Å². The Bertz CT molecular complexity index is 1120. The molecule has 4 rings (SSSR count). The number of carbonyl (C=O) groups excluding carboxylic acids is 2. The minimum absolute atomic E-state index is 0.0250. The van der Waals surface area contributed by atoms with E-state index in [0.717, 1.165) is 5.69 Å². The highest BCUT2D eigenvalue weighted by Crippen LogP contribution is 2.35. The highest BCUT2D eigenvalue weighted by molar-refractivity contribution is 7.91. The molecule has 1 aromatic heterocycles. The van der Waals surface area contributed by atoms with E-state index in [-0.39, 0.29) is 28.7 Å². The molecule has 9 nitrogen and oxygen atoms in total. The van der Waals surface area contributed by atoms with Crippen LogP contribution in [0, 0.1) is 5.41 Å². The molecule has 1 saturated heterocycles. The molecule has 2 aliphatic rings. The Kier molecular flexibility index (Phi) is 4.92. The predicted molar refractivity (Wildman–Crippen MR) is 112 cm³/mol. The molecule has 0 bridgehead atoms. The lowest BCUT2D eigenvalue weighted by atomic mass is 9.77. The smallest absolute Gasteiger partial charge is 0.250 e. The van der Waals surface area contributed by atoms with Crippen LogP contribution in [-0.4, -0.2) is 52.6 Å². The van der Waals surface area contributed by atoms with Crippen molar-refractivity contribution in [2.45, 2.75) is 45.6 Å². The van der Waals surface area contributed by atoms with Crippen molar-refractivity contribution in [2.24, 2.45) is 11.1 Å². The van der Waals surface area contributed by atoms with Gasteiger partial charge in [-0.15, -0.1) is 5.10 Å². The van der Waals surface area contributed by atoms with Gasteiger partial charge in [0.2, 0.25) is 0 Å². The van der Waals surface area contributed by atoms with Gasteiger partial charge in [0, 0.05) is 18.2 Å². The fourth-order valence-electron chi connectivity index (χ4n) is 4.17. The second kappa shape index (κ2) is 7.19. The maximum absolute atomic E-state index is 12.4. The molecule has 160 valence electrons. The first-order valence-electron chi connectivity index (χ1n) is 9.94. The number of nitrogens with one attached hydrogen (secondary N) is 1. The van der Waals surface area contributed by atoms with Crippen LogP contribution in [0.5, 0.6) is 0 Å². The standard InChI is InChI=1S/C20H25N5O4S/c1-20(2)10-16-18(17(26)11-20)23-24-25(16)13-3-4-14(19(21)27)15(9-13)22-12-5-7-30(28,29)8-6-12/h3-4,9,12,22H,5-8,10-11H2,1-2H3,(H2,21,27). The SMILES string of the molecule is CC1(C)CC(=O)c2nnn(-c3ccc(C(N)=O)c(NC4CCS(=O)(=O)CC4)c3)c2C1. The topological polar surface area (TPSA) is 137 Å². The van der Waals surface area contributed by atoms with Gasteiger partial charge in [0.15, 0.2) is 11.5 Å². The van der Waals surface area contributed by atoms with Crippen molar-refractivity contribution in [2.75, 3.05) is 16.8 Å². The van der Waals surface area contributed by atoms with Crippen molar-refractivity contribution in [3.05, 3.63) is 35.2 Å². The largest absolute Gasteiger partial charge is 0.382 e. The zero-order valence-electron chi connectivity index (χ0n) is 17.0. The third kappa shape index (κ3) is 3.96. The third-order valence-corrected chi connectivity index (χ3v) is 7.46. The molecule has 10 heteroatoms. The first-order chi connectivity index (χ1) is 14.0. The van der Waals surface area contributed by atoms with Crippen LogP contribution in [-0.2, 0) is 16.3 Å². The number of hydrogen-bond donors (Lipinski definition) is 2. The third-order valence-electron chi connectivity index (χ3n) is 5.74. The Balaban J connectivity index is 1.69. The number of nitrogens with zero attached hydrogens (tertiary/aromatic N) is 3. The quantitative estimate of drug-likeness (QED) is 0.748. The van der Waals surface area contributed by atoms with E-state index >= 15 is 0 Å². The zero-order chi connectivity index (χ0) is 21.7. The van der Waals surface area contributed by atoms with E-state index in [9.17, 15) is 18.0 Å². The Morgan fingerprint density at radius 3 is 2.60 bits per heavy atom. The number of benzene rings is 1. The molecule has 3 N–H and O–H groups in total. The van der Waals surface area contributed by atoms with Crippen LogP contribution < -0.4 is 11.1 Å². The lowest BCUT2D eigenvalue weighted by molar-refractivity contribution is 0.0905. The number of ketones is 1. The van der Waals surface area contributed by atoms with Gasteiger partial charge in [-0.25, -0.2) is 13.1 Å². The first kappa shape index (κ1) is 20.5. The number of Topliss-reactive ketones (excluding diaryl/α,β-unsaturated/α-hetero) is 1. The normalized spacial score (nSPS) is 20.5. The predicted octanol–water partition coefficient (Wildman–Crippen LogP) is 1.51.